The molecule has 122 valence electrons. The summed E-state index contributed by atoms with van der Waals surface area (Å²) >= 11 is 0. The van der Waals surface area contributed by atoms with Crippen molar-refractivity contribution in [3.05, 3.63) is 65.5 Å². The minimum atomic E-state index is -0.291. The van der Waals surface area contributed by atoms with E-state index < -0.39 is 0 Å². The summed E-state index contributed by atoms with van der Waals surface area (Å²) in [5, 5.41) is 2.85. The molecule has 3 nitrogen and oxygen atoms in total. The van der Waals surface area contributed by atoms with Crippen molar-refractivity contribution in [3.8, 4) is 5.75 Å². The summed E-state index contributed by atoms with van der Waals surface area (Å²) in [5.41, 5.74) is 1.93. The minimum Gasteiger partial charge on any atom is -0.483 e. The number of carbonyl (C=O) groups excluding carboxylic acids is 1. The van der Waals surface area contributed by atoms with Crippen LogP contribution in [-0.2, 0) is 4.79 Å². The largest absolute Gasteiger partial charge is 0.483 e. The van der Waals surface area contributed by atoms with Crippen molar-refractivity contribution < 1.29 is 13.9 Å². The molecule has 0 unspecified atom stereocenters. The van der Waals surface area contributed by atoms with Gasteiger partial charge in [0.15, 0.2) is 6.61 Å². The Morgan fingerprint density at radius 2 is 1.74 bits per heavy atom. The van der Waals surface area contributed by atoms with Crippen LogP contribution in [-0.4, -0.2) is 12.5 Å². The highest BCUT2D eigenvalue weighted by Crippen LogP contribution is 2.25. The van der Waals surface area contributed by atoms with Crippen LogP contribution in [0, 0.1) is 5.82 Å². The van der Waals surface area contributed by atoms with E-state index in [0.717, 1.165) is 16.9 Å². The number of carbonyl (C=O) groups is 1. The van der Waals surface area contributed by atoms with Gasteiger partial charge in [0.05, 0.1) is 6.04 Å². The summed E-state index contributed by atoms with van der Waals surface area (Å²) in [6.45, 7) is 5.97. The summed E-state index contributed by atoms with van der Waals surface area (Å²) in [6, 6.07) is 13.6. The summed E-state index contributed by atoms with van der Waals surface area (Å²) in [7, 11) is 0. The molecule has 1 N–H and O–H groups in total. The number of nitrogens with one attached hydrogen (secondary N) is 1. The average molecular weight is 315 g/mol. The van der Waals surface area contributed by atoms with Crippen LogP contribution in [0.4, 0.5) is 4.39 Å². The third-order valence-electron chi connectivity index (χ3n) is 3.65. The Morgan fingerprint density at radius 1 is 1.09 bits per heavy atom. The molecule has 0 saturated heterocycles. The maximum atomic E-state index is 12.9. The topological polar surface area (TPSA) is 38.3 Å². The van der Waals surface area contributed by atoms with Crippen molar-refractivity contribution in [2.75, 3.05) is 6.61 Å². The zero-order valence-electron chi connectivity index (χ0n) is 13.7. The van der Waals surface area contributed by atoms with Gasteiger partial charge in [-0.3, -0.25) is 4.79 Å². The summed E-state index contributed by atoms with van der Waals surface area (Å²) in [5.74, 6) is 0.556. The molecule has 0 aliphatic rings. The van der Waals surface area contributed by atoms with Crippen LogP contribution in [0.15, 0.2) is 48.5 Å². The number of benzene rings is 2. The molecule has 0 fully saturated rings. The molecule has 2 rings (SSSR count). The third-order valence-corrected chi connectivity index (χ3v) is 3.65. The molecule has 2 aromatic rings. The third kappa shape index (κ3) is 4.81. The predicted octanol–water partition coefficient (Wildman–Crippen LogP) is 4.21. The van der Waals surface area contributed by atoms with Crippen molar-refractivity contribution >= 4 is 5.91 Å². The lowest BCUT2D eigenvalue weighted by Crippen LogP contribution is -2.31. The molecule has 0 aliphatic heterocycles. The maximum absolute atomic E-state index is 12.9. The van der Waals surface area contributed by atoms with Crippen LogP contribution in [0.5, 0.6) is 5.75 Å². The summed E-state index contributed by atoms with van der Waals surface area (Å²) in [6.07, 6.45) is 0. The number of rotatable bonds is 6. The maximum Gasteiger partial charge on any atom is 0.258 e. The molecule has 0 bridgehead atoms. The fourth-order valence-electron chi connectivity index (χ4n) is 2.35. The molecule has 23 heavy (non-hydrogen) atoms. The molecule has 0 spiro atoms. The molecular formula is C19H22FNO2. The highest BCUT2D eigenvalue weighted by atomic mass is 19.1. The highest BCUT2D eigenvalue weighted by molar-refractivity contribution is 5.78. The van der Waals surface area contributed by atoms with Gasteiger partial charge in [-0.2, -0.15) is 0 Å². The van der Waals surface area contributed by atoms with Crippen molar-refractivity contribution in [1.82, 2.24) is 5.32 Å². The van der Waals surface area contributed by atoms with Crippen LogP contribution in [0.2, 0.25) is 0 Å². The number of hydrogen-bond acceptors (Lipinski definition) is 2. The Morgan fingerprint density at radius 3 is 2.39 bits per heavy atom. The zero-order valence-corrected chi connectivity index (χ0v) is 13.7. The van der Waals surface area contributed by atoms with Gasteiger partial charge >= 0.3 is 0 Å². The first-order chi connectivity index (χ1) is 11.0. The SMILES string of the molecule is CC(C)c1ccccc1OCC(=O)N[C@@H](C)c1ccc(F)cc1. The van der Waals surface area contributed by atoms with E-state index in [4.69, 9.17) is 4.74 Å². The Kier molecular flexibility index (Phi) is 5.74. The van der Waals surface area contributed by atoms with Gasteiger partial charge in [-0.25, -0.2) is 4.39 Å². The average Bonchev–Trinajstić information content (AvgIpc) is 2.53. The van der Waals surface area contributed by atoms with Crippen LogP contribution in [0.1, 0.15) is 43.9 Å². The lowest BCUT2D eigenvalue weighted by Gasteiger charge is -2.16. The number of halogens is 1. The fourth-order valence-corrected chi connectivity index (χ4v) is 2.35. The van der Waals surface area contributed by atoms with E-state index in [9.17, 15) is 9.18 Å². The van der Waals surface area contributed by atoms with Gasteiger partial charge in [0.1, 0.15) is 11.6 Å². The monoisotopic (exact) mass is 315 g/mol. The molecule has 2 aromatic carbocycles. The van der Waals surface area contributed by atoms with Gasteiger partial charge in [0, 0.05) is 0 Å². The second kappa shape index (κ2) is 7.77. The first-order valence-electron chi connectivity index (χ1n) is 7.74. The Hall–Kier alpha value is -2.36. The summed E-state index contributed by atoms with van der Waals surface area (Å²) < 4.78 is 18.6. The summed E-state index contributed by atoms with van der Waals surface area (Å²) in [4.78, 5) is 12.0. The van der Waals surface area contributed by atoms with E-state index in [1.54, 1.807) is 12.1 Å². The molecule has 0 heterocycles. The lowest BCUT2D eigenvalue weighted by molar-refractivity contribution is -0.123. The molecule has 4 heteroatoms. The van der Waals surface area contributed by atoms with Crippen molar-refractivity contribution in [2.45, 2.75) is 32.7 Å². The molecule has 0 radical (unpaired) electrons. The molecular weight excluding hydrogens is 293 g/mol. The Bertz CT molecular complexity index is 653. The number of para-hydroxylation sites is 1. The van der Waals surface area contributed by atoms with Gasteiger partial charge in [-0.1, -0.05) is 44.2 Å². The van der Waals surface area contributed by atoms with Gasteiger partial charge in [0.2, 0.25) is 0 Å². The van der Waals surface area contributed by atoms with Gasteiger partial charge in [-0.05, 0) is 42.2 Å². The van der Waals surface area contributed by atoms with Crippen LogP contribution >= 0.6 is 0 Å². The van der Waals surface area contributed by atoms with E-state index in [2.05, 4.69) is 19.2 Å². The Labute approximate surface area is 136 Å². The van der Waals surface area contributed by atoms with Crippen LogP contribution in [0.25, 0.3) is 0 Å². The van der Waals surface area contributed by atoms with Crippen LogP contribution in [0.3, 0.4) is 0 Å². The van der Waals surface area contributed by atoms with Crippen molar-refractivity contribution in [1.29, 1.82) is 0 Å². The van der Waals surface area contributed by atoms with Gasteiger partial charge < -0.3 is 10.1 Å². The molecule has 1 atom stereocenters. The predicted molar refractivity (Wildman–Crippen MR) is 89.0 cm³/mol. The number of hydrogen-bond donors (Lipinski definition) is 1. The van der Waals surface area contributed by atoms with Crippen molar-refractivity contribution in [2.24, 2.45) is 0 Å². The smallest absolute Gasteiger partial charge is 0.258 e. The van der Waals surface area contributed by atoms with E-state index in [-0.39, 0.29) is 24.4 Å². The molecule has 0 aromatic heterocycles. The first kappa shape index (κ1) is 17.0. The second-order valence-corrected chi connectivity index (χ2v) is 5.82. The highest BCUT2D eigenvalue weighted by Gasteiger charge is 2.12. The lowest BCUT2D eigenvalue weighted by atomic mass is 10.0. The van der Waals surface area contributed by atoms with Crippen LogP contribution < -0.4 is 10.1 Å². The van der Waals surface area contributed by atoms with E-state index in [0.29, 0.717) is 5.92 Å². The second-order valence-electron chi connectivity index (χ2n) is 5.82. The molecule has 1 amide bonds. The molecule has 0 aliphatic carbocycles. The minimum absolute atomic E-state index is 0.0464. The van der Waals surface area contributed by atoms with Crippen molar-refractivity contribution in [3.63, 3.8) is 0 Å². The van der Waals surface area contributed by atoms with E-state index >= 15 is 0 Å². The standard InChI is InChI=1S/C19H22FNO2/c1-13(2)17-6-4-5-7-18(17)23-12-19(22)21-14(3)15-8-10-16(20)11-9-15/h4-11,13-14H,12H2,1-3H3,(H,21,22)/t14-/m0/s1. The first-order valence-corrected chi connectivity index (χ1v) is 7.74. The normalized spacial score (nSPS) is 12.0. The Balaban J connectivity index is 1.91. The van der Waals surface area contributed by atoms with E-state index in [1.165, 1.54) is 12.1 Å². The van der Waals surface area contributed by atoms with Gasteiger partial charge in [0.25, 0.3) is 5.91 Å². The van der Waals surface area contributed by atoms with Gasteiger partial charge in [-0.15, -0.1) is 0 Å². The number of ether oxygens (including phenoxy) is 1. The zero-order chi connectivity index (χ0) is 16.8. The fraction of sp³-hybridized carbons (Fsp3) is 0.316. The van der Waals surface area contributed by atoms with E-state index in [1.807, 2.05) is 31.2 Å². The molecule has 0 saturated carbocycles. The quantitative estimate of drug-likeness (QED) is 0.867. The number of amides is 1.